The molecule has 0 aliphatic carbocycles. The topological polar surface area (TPSA) is 32.3 Å². The van der Waals surface area contributed by atoms with Gasteiger partial charge in [0.2, 0.25) is 0 Å². The number of hydrogen-bond donors (Lipinski definition) is 1. The minimum Gasteiger partial charge on any atom is -0.339 e. The Labute approximate surface area is 107 Å². The number of nitrogens with zero attached hydrogens (tertiary/aromatic N) is 1. The summed E-state index contributed by atoms with van der Waals surface area (Å²) >= 11 is 1.57. The van der Waals surface area contributed by atoms with E-state index >= 15 is 0 Å². The number of carbonyl (C=O) groups is 1. The molecule has 0 spiro atoms. The van der Waals surface area contributed by atoms with Gasteiger partial charge >= 0.3 is 0 Å². The summed E-state index contributed by atoms with van der Waals surface area (Å²) in [5.41, 5.74) is 0. The van der Waals surface area contributed by atoms with Crippen molar-refractivity contribution < 1.29 is 4.79 Å². The van der Waals surface area contributed by atoms with Crippen LogP contribution in [0.5, 0.6) is 0 Å². The number of hydrogen-bond acceptors (Lipinski definition) is 3. The zero-order valence-corrected chi connectivity index (χ0v) is 11.3. The molecule has 2 rings (SSSR count). The number of rotatable bonds is 3. The molecule has 0 saturated carbocycles. The Bertz CT molecular complexity index is 383. The fourth-order valence-electron chi connectivity index (χ4n) is 2.23. The second-order valence-electron chi connectivity index (χ2n) is 4.74. The molecule has 17 heavy (non-hydrogen) atoms. The molecule has 94 valence electrons. The molecule has 1 aromatic rings. The van der Waals surface area contributed by atoms with Crippen molar-refractivity contribution in [2.24, 2.45) is 0 Å². The van der Waals surface area contributed by atoms with Crippen molar-refractivity contribution in [3.8, 4) is 0 Å². The monoisotopic (exact) mass is 252 g/mol. The van der Waals surface area contributed by atoms with Crippen LogP contribution in [0.2, 0.25) is 0 Å². The summed E-state index contributed by atoms with van der Waals surface area (Å²) in [6, 6.07) is 4.40. The smallest absolute Gasteiger partial charge is 0.263 e. The van der Waals surface area contributed by atoms with Gasteiger partial charge in [-0.3, -0.25) is 4.79 Å². The van der Waals surface area contributed by atoms with Crippen molar-refractivity contribution in [1.82, 2.24) is 10.2 Å². The molecular weight excluding hydrogens is 232 g/mol. The molecule has 4 heteroatoms. The number of thiophene rings is 1. The number of nitrogens with one attached hydrogen (secondary N) is 1. The van der Waals surface area contributed by atoms with Crippen LogP contribution in [0.25, 0.3) is 0 Å². The lowest BCUT2D eigenvalue weighted by Gasteiger charge is -2.28. The minimum atomic E-state index is 0.149. The average Bonchev–Trinajstić information content (AvgIpc) is 2.76. The van der Waals surface area contributed by atoms with E-state index in [1.54, 1.807) is 11.3 Å². The maximum Gasteiger partial charge on any atom is 0.263 e. The number of aryl methyl sites for hydroxylation is 1. The first-order valence-electron chi connectivity index (χ1n) is 6.22. The highest BCUT2D eigenvalue weighted by Gasteiger charge is 2.19. The summed E-state index contributed by atoms with van der Waals surface area (Å²) in [4.78, 5) is 16.0. The molecule has 1 atom stereocenters. The van der Waals surface area contributed by atoms with Crippen molar-refractivity contribution >= 4 is 17.2 Å². The first-order chi connectivity index (χ1) is 8.16. The average molecular weight is 252 g/mol. The summed E-state index contributed by atoms with van der Waals surface area (Å²) < 4.78 is 0. The van der Waals surface area contributed by atoms with Gasteiger partial charge in [0, 0.05) is 24.5 Å². The SMILES string of the molecule is Cc1ccc(C(=O)N(C)CC2CCCCN2)s1. The second kappa shape index (κ2) is 5.65. The van der Waals surface area contributed by atoms with E-state index in [1.807, 2.05) is 31.0 Å². The van der Waals surface area contributed by atoms with E-state index in [9.17, 15) is 4.79 Å². The quantitative estimate of drug-likeness (QED) is 0.895. The fourth-order valence-corrected chi connectivity index (χ4v) is 3.09. The Kier molecular flexibility index (Phi) is 4.18. The van der Waals surface area contributed by atoms with Gasteiger partial charge < -0.3 is 10.2 Å². The normalized spacial score (nSPS) is 20.2. The van der Waals surface area contributed by atoms with Gasteiger partial charge in [-0.15, -0.1) is 11.3 Å². The molecule has 0 radical (unpaired) electrons. The molecule has 1 aliphatic heterocycles. The molecule has 3 nitrogen and oxygen atoms in total. The predicted octanol–water partition coefficient (Wildman–Crippen LogP) is 2.27. The Morgan fingerprint density at radius 1 is 1.53 bits per heavy atom. The molecule has 2 heterocycles. The second-order valence-corrected chi connectivity index (χ2v) is 6.03. The van der Waals surface area contributed by atoms with Crippen LogP contribution in [0.1, 0.15) is 33.8 Å². The van der Waals surface area contributed by atoms with Crippen molar-refractivity contribution in [2.75, 3.05) is 20.1 Å². The Hall–Kier alpha value is -0.870. The lowest BCUT2D eigenvalue weighted by Crippen LogP contribution is -2.44. The number of amides is 1. The van der Waals surface area contributed by atoms with E-state index in [0.29, 0.717) is 6.04 Å². The maximum absolute atomic E-state index is 12.1. The van der Waals surface area contributed by atoms with Crippen molar-refractivity contribution in [3.05, 3.63) is 21.9 Å². The predicted molar refractivity (Wildman–Crippen MR) is 71.7 cm³/mol. The van der Waals surface area contributed by atoms with Crippen molar-refractivity contribution in [1.29, 1.82) is 0 Å². The molecule has 1 N–H and O–H groups in total. The van der Waals surface area contributed by atoms with Gasteiger partial charge in [0.1, 0.15) is 0 Å². The maximum atomic E-state index is 12.1. The summed E-state index contributed by atoms with van der Waals surface area (Å²) in [5, 5.41) is 3.47. The standard InChI is InChI=1S/C13H20N2OS/c1-10-6-7-12(17-10)13(16)15(2)9-11-5-3-4-8-14-11/h6-7,11,14H,3-5,8-9H2,1-2H3. The summed E-state index contributed by atoms with van der Waals surface area (Å²) in [7, 11) is 1.90. The van der Waals surface area contributed by atoms with Gasteiger partial charge in [-0.25, -0.2) is 0 Å². The van der Waals surface area contributed by atoms with Gasteiger partial charge in [-0.2, -0.15) is 0 Å². The van der Waals surface area contributed by atoms with Gasteiger partial charge in [-0.05, 0) is 38.4 Å². The zero-order chi connectivity index (χ0) is 12.3. The van der Waals surface area contributed by atoms with E-state index < -0.39 is 0 Å². The van der Waals surface area contributed by atoms with E-state index in [4.69, 9.17) is 0 Å². The Morgan fingerprint density at radius 2 is 2.35 bits per heavy atom. The third-order valence-electron chi connectivity index (χ3n) is 3.20. The zero-order valence-electron chi connectivity index (χ0n) is 10.5. The highest BCUT2D eigenvalue weighted by atomic mass is 32.1. The largest absolute Gasteiger partial charge is 0.339 e. The first-order valence-corrected chi connectivity index (χ1v) is 7.04. The van der Waals surface area contributed by atoms with Crippen LogP contribution >= 0.6 is 11.3 Å². The third kappa shape index (κ3) is 3.30. The van der Waals surface area contributed by atoms with Crippen LogP contribution in [0, 0.1) is 6.92 Å². The Morgan fingerprint density at radius 3 is 2.94 bits per heavy atom. The fraction of sp³-hybridized carbons (Fsp3) is 0.615. The van der Waals surface area contributed by atoms with E-state index in [0.717, 1.165) is 18.0 Å². The van der Waals surface area contributed by atoms with Crippen molar-refractivity contribution in [3.63, 3.8) is 0 Å². The molecule has 1 unspecified atom stereocenters. The van der Waals surface area contributed by atoms with Crippen LogP contribution in [0.4, 0.5) is 0 Å². The number of carbonyl (C=O) groups excluding carboxylic acids is 1. The van der Waals surface area contributed by atoms with Crippen LogP contribution in [-0.2, 0) is 0 Å². The van der Waals surface area contributed by atoms with E-state index in [-0.39, 0.29) is 5.91 Å². The molecule has 1 fully saturated rings. The highest BCUT2D eigenvalue weighted by Crippen LogP contribution is 2.17. The molecular formula is C13H20N2OS. The Balaban J connectivity index is 1.90. The molecule has 1 saturated heterocycles. The van der Waals surface area contributed by atoms with E-state index in [2.05, 4.69) is 5.32 Å². The number of piperidine rings is 1. The highest BCUT2D eigenvalue weighted by molar-refractivity contribution is 7.13. The summed E-state index contributed by atoms with van der Waals surface area (Å²) in [6.45, 7) is 3.94. The summed E-state index contributed by atoms with van der Waals surface area (Å²) in [5.74, 6) is 0.149. The molecule has 1 aromatic heterocycles. The molecule has 0 aromatic carbocycles. The van der Waals surface area contributed by atoms with Gasteiger partial charge in [0.15, 0.2) is 0 Å². The van der Waals surface area contributed by atoms with Crippen LogP contribution in [-0.4, -0.2) is 37.0 Å². The van der Waals surface area contributed by atoms with Crippen LogP contribution in [0.3, 0.4) is 0 Å². The molecule has 0 bridgehead atoms. The van der Waals surface area contributed by atoms with E-state index in [1.165, 1.54) is 24.1 Å². The minimum absolute atomic E-state index is 0.149. The molecule has 1 aliphatic rings. The van der Waals surface area contributed by atoms with Crippen LogP contribution in [0.15, 0.2) is 12.1 Å². The summed E-state index contributed by atoms with van der Waals surface area (Å²) in [6.07, 6.45) is 3.72. The lowest BCUT2D eigenvalue weighted by atomic mass is 10.0. The van der Waals surface area contributed by atoms with Gasteiger partial charge in [0.25, 0.3) is 5.91 Å². The van der Waals surface area contributed by atoms with Gasteiger partial charge in [-0.1, -0.05) is 6.42 Å². The third-order valence-corrected chi connectivity index (χ3v) is 4.19. The molecule has 1 amide bonds. The van der Waals surface area contributed by atoms with Crippen LogP contribution < -0.4 is 5.32 Å². The van der Waals surface area contributed by atoms with Crippen molar-refractivity contribution in [2.45, 2.75) is 32.2 Å². The lowest BCUT2D eigenvalue weighted by molar-refractivity contribution is 0.0780. The van der Waals surface area contributed by atoms with Gasteiger partial charge in [0.05, 0.1) is 4.88 Å². The first kappa shape index (κ1) is 12.6. The number of likely N-dealkylation sites (N-methyl/N-ethyl adjacent to an activating group) is 1.